The molecule has 1 rings (SSSR count). The Kier molecular flexibility index (Phi) is 5.37. The number of rotatable bonds is 5. The van der Waals surface area contributed by atoms with Gasteiger partial charge in [-0.1, -0.05) is 17.7 Å². The van der Waals surface area contributed by atoms with Gasteiger partial charge in [-0.2, -0.15) is 24.9 Å². The van der Waals surface area contributed by atoms with E-state index >= 15 is 0 Å². The highest BCUT2D eigenvalue weighted by Crippen LogP contribution is 2.22. The van der Waals surface area contributed by atoms with E-state index in [0.29, 0.717) is 5.56 Å². The van der Waals surface area contributed by atoms with Crippen molar-refractivity contribution in [3.8, 4) is 0 Å². The Labute approximate surface area is 117 Å². The van der Waals surface area contributed by atoms with Crippen LogP contribution in [0, 0.1) is 5.41 Å². The highest BCUT2D eigenvalue weighted by Gasteiger charge is 2.43. The van der Waals surface area contributed by atoms with Gasteiger partial charge in [0.05, 0.1) is 11.0 Å². The van der Waals surface area contributed by atoms with Crippen LogP contribution in [0.3, 0.4) is 0 Å². The third kappa shape index (κ3) is 4.50. The number of aromatic nitrogens is 1. The summed E-state index contributed by atoms with van der Waals surface area (Å²) in [4.78, 5) is 14.8. The van der Waals surface area contributed by atoms with Crippen molar-refractivity contribution >= 4 is 34.9 Å². The van der Waals surface area contributed by atoms with Crippen molar-refractivity contribution in [3.05, 3.63) is 29.0 Å². The molecule has 0 aromatic carbocycles. The van der Waals surface area contributed by atoms with E-state index in [0.717, 1.165) is 11.8 Å². The van der Waals surface area contributed by atoms with Crippen LogP contribution in [-0.2, 0) is 11.2 Å². The molecule has 1 N–H and O–H groups in total. The number of hydrogen-bond donors (Lipinski definition) is 1. The maximum atomic E-state index is 12.3. The molecule has 1 heterocycles. The topological polar surface area (TPSA) is 53.8 Å². The van der Waals surface area contributed by atoms with Gasteiger partial charge in [0.25, 0.3) is 5.78 Å². The molecule has 0 spiro atoms. The van der Waals surface area contributed by atoms with E-state index in [9.17, 15) is 18.0 Å². The molecular weight excluding hydrogens is 301 g/mol. The maximum absolute atomic E-state index is 12.3. The smallest absolute Gasteiger partial charge is 0.300 e. The van der Waals surface area contributed by atoms with E-state index in [1.165, 1.54) is 12.3 Å². The summed E-state index contributed by atoms with van der Waals surface area (Å²) >= 11 is 6.61. The van der Waals surface area contributed by atoms with Crippen molar-refractivity contribution in [3.63, 3.8) is 0 Å². The molecule has 1 atom stereocenters. The first-order chi connectivity index (χ1) is 8.75. The first-order valence-corrected chi connectivity index (χ1v) is 6.75. The number of halogens is 4. The van der Waals surface area contributed by atoms with Crippen LogP contribution in [0.5, 0.6) is 0 Å². The van der Waals surface area contributed by atoms with Crippen molar-refractivity contribution < 1.29 is 18.0 Å². The number of Topliss-reactive ketones (excluding diaryl/α,β-unsaturated/α-hetero) is 1. The van der Waals surface area contributed by atoms with E-state index < -0.39 is 22.9 Å². The predicted molar refractivity (Wildman–Crippen MR) is 69.0 cm³/mol. The SMILES string of the molecule is CSC(Cc1ccc(Cl)nc1)C(=N)C(=O)C(F)(F)F. The van der Waals surface area contributed by atoms with Gasteiger partial charge in [0.1, 0.15) is 5.15 Å². The normalized spacial score (nSPS) is 13.1. The second-order valence-corrected chi connectivity index (χ2v) is 5.09. The van der Waals surface area contributed by atoms with Crippen molar-refractivity contribution in [1.29, 1.82) is 5.41 Å². The number of pyridine rings is 1. The Morgan fingerprint density at radius 2 is 2.16 bits per heavy atom. The van der Waals surface area contributed by atoms with Crippen LogP contribution in [-0.4, -0.2) is 34.2 Å². The van der Waals surface area contributed by atoms with Crippen molar-refractivity contribution in [1.82, 2.24) is 4.98 Å². The molecule has 0 aliphatic rings. The lowest BCUT2D eigenvalue weighted by molar-refractivity contribution is -0.163. The molecule has 0 bridgehead atoms. The molecule has 0 fully saturated rings. The number of hydrogen-bond acceptors (Lipinski definition) is 4. The van der Waals surface area contributed by atoms with E-state index in [1.807, 2.05) is 0 Å². The molecular formula is C11H10ClF3N2OS. The zero-order valence-electron chi connectivity index (χ0n) is 9.79. The Morgan fingerprint density at radius 1 is 1.53 bits per heavy atom. The van der Waals surface area contributed by atoms with E-state index in [-0.39, 0.29) is 11.6 Å². The molecule has 0 radical (unpaired) electrons. The highest BCUT2D eigenvalue weighted by molar-refractivity contribution is 8.00. The first kappa shape index (κ1) is 16.0. The summed E-state index contributed by atoms with van der Waals surface area (Å²) in [6.07, 6.45) is -1.93. The quantitative estimate of drug-likeness (QED) is 0.671. The van der Waals surface area contributed by atoms with Crippen LogP contribution in [0.15, 0.2) is 18.3 Å². The lowest BCUT2D eigenvalue weighted by Gasteiger charge is -2.16. The number of thioether (sulfide) groups is 1. The molecule has 1 unspecified atom stereocenters. The van der Waals surface area contributed by atoms with Gasteiger partial charge in [-0.3, -0.25) is 4.79 Å². The Balaban J connectivity index is 2.81. The minimum Gasteiger partial charge on any atom is -0.300 e. The van der Waals surface area contributed by atoms with Gasteiger partial charge in [-0.25, -0.2) is 4.98 Å². The molecule has 0 aliphatic carbocycles. The molecule has 0 aliphatic heterocycles. The summed E-state index contributed by atoms with van der Waals surface area (Å²) in [5, 5.41) is 6.77. The average Bonchev–Trinajstić information content (AvgIpc) is 2.35. The van der Waals surface area contributed by atoms with Crippen molar-refractivity contribution in [2.75, 3.05) is 6.26 Å². The third-order valence-corrected chi connectivity index (χ3v) is 3.51. The molecule has 0 saturated heterocycles. The van der Waals surface area contributed by atoms with Crippen molar-refractivity contribution in [2.45, 2.75) is 17.8 Å². The maximum Gasteiger partial charge on any atom is 0.456 e. The van der Waals surface area contributed by atoms with Crippen molar-refractivity contribution in [2.24, 2.45) is 0 Å². The number of ketones is 1. The Bertz CT molecular complexity index is 476. The molecule has 1 aromatic rings. The fourth-order valence-corrected chi connectivity index (χ4v) is 2.16. The Morgan fingerprint density at radius 3 is 2.58 bits per heavy atom. The van der Waals surface area contributed by atoms with Gasteiger partial charge < -0.3 is 5.41 Å². The summed E-state index contributed by atoms with van der Waals surface area (Å²) in [7, 11) is 0. The van der Waals surface area contributed by atoms with Crippen LogP contribution < -0.4 is 0 Å². The van der Waals surface area contributed by atoms with Gasteiger partial charge >= 0.3 is 6.18 Å². The van der Waals surface area contributed by atoms with Crippen LogP contribution in [0.1, 0.15) is 5.56 Å². The van der Waals surface area contributed by atoms with Crippen LogP contribution in [0.25, 0.3) is 0 Å². The molecule has 8 heteroatoms. The lowest BCUT2D eigenvalue weighted by Crippen LogP contribution is -2.37. The predicted octanol–water partition coefficient (Wildman–Crippen LogP) is 3.16. The number of nitrogens with one attached hydrogen (secondary N) is 1. The van der Waals surface area contributed by atoms with E-state index in [4.69, 9.17) is 17.0 Å². The van der Waals surface area contributed by atoms with Crippen LogP contribution >= 0.6 is 23.4 Å². The summed E-state index contributed by atoms with van der Waals surface area (Å²) in [6, 6.07) is 3.10. The van der Waals surface area contributed by atoms with E-state index in [2.05, 4.69) is 4.98 Å². The molecule has 104 valence electrons. The van der Waals surface area contributed by atoms with E-state index in [1.54, 1.807) is 12.3 Å². The van der Waals surface area contributed by atoms with Crippen LogP contribution in [0.2, 0.25) is 5.15 Å². The van der Waals surface area contributed by atoms with Gasteiger partial charge in [-0.15, -0.1) is 0 Å². The molecule has 0 saturated carbocycles. The van der Waals surface area contributed by atoms with Gasteiger partial charge in [0.15, 0.2) is 0 Å². The first-order valence-electron chi connectivity index (χ1n) is 5.09. The zero-order chi connectivity index (χ0) is 14.6. The largest absolute Gasteiger partial charge is 0.456 e. The number of carbonyl (C=O) groups excluding carboxylic acids is 1. The summed E-state index contributed by atoms with van der Waals surface area (Å²) in [5.74, 6) is -2.10. The fourth-order valence-electron chi connectivity index (χ4n) is 1.34. The molecule has 1 aromatic heterocycles. The second-order valence-electron chi connectivity index (χ2n) is 3.66. The standard InChI is InChI=1S/C11H10ClF3N2OS/c1-19-7(9(16)10(18)11(13,14)15)4-6-2-3-8(12)17-5-6/h2-3,5,7,16H,4H2,1H3. The monoisotopic (exact) mass is 310 g/mol. The Hall–Kier alpha value is -1.08. The molecule has 19 heavy (non-hydrogen) atoms. The number of nitrogens with zero attached hydrogens (tertiary/aromatic N) is 1. The number of alkyl halides is 3. The number of carbonyl (C=O) groups is 1. The summed E-state index contributed by atoms with van der Waals surface area (Å²) in [5.41, 5.74) is -0.335. The highest BCUT2D eigenvalue weighted by atomic mass is 35.5. The third-order valence-electron chi connectivity index (χ3n) is 2.32. The molecule has 3 nitrogen and oxygen atoms in total. The fraction of sp³-hybridized carbons (Fsp3) is 0.364. The minimum absolute atomic E-state index is 0.117. The van der Waals surface area contributed by atoms with Crippen LogP contribution in [0.4, 0.5) is 13.2 Å². The summed E-state index contributed by atoms with van der Waals surface area (Å²) in [6.45, 7) is 0. The van der Waals surface area contributed by atoms with Gasteiger partial charge in [0, 0.05) is 6.20 Å². The minimum atomic E-state index is -5.01. The average molecular weight is 311 g/mol. The summed E-state index contributed by atoms with van der Waals surface area (Å²) < 4.78 is 36.8. The van der Waals surface area contributed by atoms with Gasteiger partial charge in [0.2, 0.25) is 0 Å². The van der Waals surface area contributed by atoms with Gasteiger partial charge in [-0.05, 0) is 24.3 Å². The second kappa shape index (κ2) is 6.38. The lowest BCUT2D eigenvalue weighted by atomic mass is 10.1. The zero-order valence-corrected chi connectivity index (χ0v) is 11.4. The molecule has 0 amide bonds.